The fourth-order valence-corrected chi connectivity index (χ4v) is 3.87. The molecular formula is C20H16N6S. The van der Waals surface area contributed by atoms with E-state index in [1.165, 1.54) is 0 Å². The van der Waals surface area contributed by atoms with Crippen LogP contribution in [0.4, 0.5) is 0 Å². The van der Waals surface area contributed by atoms with Gasteiger partial charge in [0.25, 0.3) is 0 Å². The van der Waals surface area contributed by atoms with Crippen molar-refractivity contribution < 1.29 is 0 Å². The van der Waals surface area contributed by atoms with Crippen molar-refractivity contribution in [3.05, 3.63) is 78.4 Å². The summed E-state index contributed by atoms with van der Waals surface area (Å²) < 4.78 is 3.72. The first kappa shape index (κ1) is 16.0. The first-order valence-corrected chi connectivity index (χ1v) is 9.61. The average molecular weight is 372 g/mol. The number of thioether (sulfide) groups is 1. The largest absolute Gasteiger partial charge is 0.241 e. The van der Waals surface area contributed by atoms with Crippen LogP contribution in [-0.4, -0.2) is 29.4 Å². The second kappa shape index (κ2) is 6.51. The summed E-state index contributed by atoms with van der Waals surface area (Å²) in [5, 5.41) is 11.0. The van der Waals surface area contributed by atoms with Crippen LogP contribution < -0.4 is 0 Å². The first-order chi connectivity index (χ1) is 13.3. The molecule has 2 aromatic carbocycles. The highest BCUT2D eigenvalue weighted by Gasteiger charge is 2.13. The minimum absolute atomic E-state index is 0.708. The van der Waals surface area contributed by atoms with Gasteiger partial charge in [0.15, 0.2) is 10.8 Å². The van der Waals surface area contributed by atoms with Crippen molar-refractivity contribution in [1.29, 1.82) is 0 Å². The maximum absolute atomic E-state index is 4.79. The van der Waals surface area contributed by atoms with Gasteiger partial charge in [-0.2, -0.15) is 9.61 Å². The van der Waals surface area contributed by atoms with Crippen molar-refractivity contribution >= 4 is 28.3 Å². The number of benzene rings is 2. The zero-order valence-electron chi connectivity index (χ0n) is 14.6. The van der Waals surface area contributed by atoms with Crippen molar-refractivity contribution in [3.63, 3.8) is 0 Å². The van der Waals surface area contributed by atoms with E-state index >= 15 is 0 Å². The molecule has 0 saturated heterocycles. The second-order valence-electron chi connectivity index (χ2n) is 6.18. The molecule has 0 atom stereocenters. The highest BCUT2D eigenvalue weighted by atomic mass is 32.2. The summed E-state index contributed by atoms with van der Waals surface area (Å²) in [6.45, 7) is 1.90. The number of rotatable bonds is 4. The van der Waals surface area contributed by atoms with E-state index in [1.807, 2.05) is 83.0 Å². The standard InChI is InChI=1S/C20H16N6S/c1-14-21-19-17-9-5-6-10-18(17)22-20(26(19)23-14)27-13-15-11-12-25(24-15)16-7-3-2-4-8-16/h2-12H,13H2,1H3. The van der Waals surface area contributed by atoms with E-state index in [0.29, 0.717) is 5.75 Å². The molecular weight excluding hydrogens is 356 g/mol. The third kappa shape index (κ3) is 2.96. The Kier molecular flexibility index (Phi) is 3.86. The lowest BCUT2D eigenvalue weighted by Gasteiger charge is -2.05. The fourth-order valence-electron chi connectivity index (χ4n) is 3.03. The number of hydrogen-bond donors (Lipinski definition) is 0. The molecule has 5 aromatic rings. The molecule has 132 valence electrons. The summed E-state index contributed by atoms with van der Waals surface area (Å²) >= 11 is 1.61. The SMILES string of the molecule is Cc1nc2c3ccccc3nc(SCc3ccn(-c4ccccc4)n3)n2n1. The van der Waals surface area contributed by atoms with Gasteiger partial charge in [-0.15, -0.1) is 5.10 Å². The van der Waals surface area contributed by atoms with Gasteiger partial charge in [-0.1, -0.05) is 42.1 Å². The van der Waals surface area contributed by atoms with Crippen LogP contribution in [0.15, 0.2) is 72.0 Å². The molecule has 0 radical (unpaired) electrons. The molecule has 0 spiro atoms. The van der Waals surface area contributed by atoms with Crippen molar-refractivity contribution in [2.24, 2.45) is 0 Å². The molecule has 3 aromatic heterocycles. The number of nitrogens with zero attached hydrogens (tertiary/aromatic N) is 6. The van der Waals surface area contributed by atoms with Crippen LogP contribution in [0.3, 0.4) is 0 Å². The minimum Gasteiger partial charge on any atom is -0.241 e. The summed E-state index contributed by atoms with van der Waals surface area (Å²) in [6.07, 6.45) is 1.98. The van der Waals surface area contributed by atoms with Gasteiger partial charge in [0, 0.05) is 17.3 Å². The van der Waals surface area contributed by atoms with Crippen LogP contribution in [0.5, 0.6) is 0 Å². The van der Waals surface area contributed by atoms with E-state index in [9.17, 15) is 0 Å². The third-order valence-corrected chi connectivity index (χ3v) is 5.23. The van der Waals surface area contributed by atoms with Gasteiger partial charge in [-0.25, -0.2) is 14.6 Å². The molecule has 3 heterocycles. The fraction of sp³-hybridized carbons (Fsp3) is 0.100. The van der Waals surface area contributed by atoms with Crippen molar-refractivity contribution in [1.82, 2.24) is 29.4 Å². The molecule has 0 bridgehead atoms. The Morgan fingerprint density at radius 1 is 0.889 bits per heavy atom. The van der Waals surface area contributed by atoms with Gasteiger partial charge in [0.2, 0.25) is 0 Å². The van der Waals surface area contributed by atoms with Gasteiger partial charge in [0.05, 0.1) is 16.9 Å². The highest BCUT2D eigenvalue weighted by Crippen LogP contribution is 2.26. The van der Waals surface area contributed by atoms with E-state index in [4.69, 9.17) is 4.98 Å². The van der Waals surface area contributed by atoms with Crippen LogP contribution in [0.2, 0.25) is 0 Å². The highest BCUT2D eigenvalue weighted by molar-refractivity contribution is 7.98. The quantitative estimate of drug-likeness (QED) is 0.352. The Morgan fingerprint density at radius 2 is 1.70 bits per heavy atom. The van der Waals surface area contributed by atoms with E-state index in [0.717, 1.165) is 38.9 Å². The van der Waals surface area contributed by atoms with Crippen LogP contribution >= 0.6 is 11.8 Å². The van der Waals surface area contributed by atoms with Crippen molar-refractivity contribution in [2.75, 3.05) is 0 Å². The Labute approximate surface area is 159 Å². The summed E-state index contributed by atoms with van der Waals surface area (Å²) in [5.74, 6) is 1.45. The van der Waals surface area contributed by atoms with Gasteiger partial charge < -0.3 is 0 Å². The number of aryl methyl sites for hydroxylation is 1. The molecule has 6 nitrogen and oxygen atoms in total. The van der Waals surface area contributed by atoms with Gasteiger partial charge in [-0.05, 0) is 37.3 Å². The van der Waals surface area contributed by atoms with Crippen molar-refractivity contribution in [2.45, 2.75) is 17.8 Å². The molecule has 27 heavy (non-hydrogen) atoms. The summed E-state index contributed by atoms with van der Waals surface area (Å²) in [6, 6.07) is 20.2. The van der Waals surface area contributed by atoms with Crippen LogP contribution in [0.1, 0.15) is 11.5 Å². The maximum Gasteiger partial charge on any atom is 0.191 e. The third-order valence-electron chi connectivity index (χ3n) is 4.27. The van der Waals surface area contributed by atoms with Crippen LogP contribution in [-0.2, 0) is 5.75 Å². The number of hydrogen-bond acceptors (Lipinski definition) is 5. The molecule has 0 amide bonds. The lowest BCUT2D eigenvalue weighted by molar-refractivity contribution is 0.795. The predicted octanol–water partition coefficient (Wildman–Crippen LogP) is 4.06. The molecule has 0 aliphatic heterocycles. The lowest BCUT2D eigenvalue weighted by atomic mass is 10.2. The second-order valence-corrected chi connectivity index (χ2v) is 7.12. The predicted molar refractivity (Wildman–Crippen MR) is 106 cm³/mol. The minimum atomic E-state index is 0.708. The zero-order valence-corrected chi connectivity index (χ0v) is 15.5. The van der Waals surface area contributed by atoms with Gasteiger partial charge in [0.1, 0.15) is 5.82 Å². The molecule has 0 N–H and O–H groups in total. The Hall–Kier alpha value is -3.19. The molecule has 0 fully saturated rings. The average Bonchev–Trinajstić information content (AvgIpc) is 3.33. The Balaban J connectivity index is 1.47. The van der Waals surface area contributed by atoms with Crippen LogP contribution in [0, 0.1) is 6.92 Å². The topological polar surface area (TPSA) is 60.9 Å². The van der Waals surface area contributed by atoms with E-state index in [-0.39, 0.29) is 0 Å². The van der Waals surface area contributed by atoms with E-state index < -0.39 is 0 Å². The van der Waals surface area contributed by atoms with Crippen LogP contribution in [0.25, 0.3) is 22.2 Å². The molecule has 7 heteroatoms. The normalized spacial score (nSPS) is 11.4. The number of fused-ring (bicyclic) bond motifs is 3. The Bertz CT molecular complexity index is 1240. The molecule has 0 saturated carbocycles. The number of aromatic nitrogens is 6. The van der Waals surface area contributed by atoms with Gasteiger partial charge >= 0.3 is 0 Å². The van der Waals surface area contributed by atoms with Crippen molar-refractivity contribution in [3.8, 4) is 5.69 Å². The number of para-hydroxylation sites is 2. The molecule has 0 aliphatic carbocycles. The monoisotopic (exact) mass is 372 g/mol. The molecule has 5 rings (SSSR count). The summed E-state index contributed by atoms with van der Waals surface area (Å²) in [7, 11) is 0. The smallest absolute Gasteiger partial charge is 0.191 e. The Morgan fingerprint density at radius 3 is 2.59 bits per heavy atom. The summed E-state index contributed by atoms with van der Waals surface area (Å²) in [4.78, 5) is 9.37. The molecule has 0 unspecified atom stereocenters. The zero-order chi connectivity index (χ0) is 18.2. The van der Waals surface area contributed by atoms with E-state index in [1.54, 1.807) is 11.8 Å². The lowest BCUT2D eigenvalue weighted by Crippen LogP contribution is -1.99. The molecule has 0 aliphatic rings. The first-order valence-electron chi connectivity index (χ1n) is 8.63. The van der Waals surface area contributed by atoms with Gasteiger partial charge in [-0.3, -0.25) is 0 Å². The van der Waals surface area contributed by atoms with E-state index in [2.05, 4.69) is 15.2 Å². The maximum atomic E-state index is 4.79. The summed E-state index contributed by atoms with van der Waals surface area (Å²) in [5.41, 5.74) is 3.81.